The van der Waals surface area contributed by atoms with Gasteiger partial charge in [0.1, 0.15) is 0 Å². The molecule has 1 N–H and O–H groups in total. The van der Waals surface area contributed by atoms with E-state index in [2.05, 4.69) is 15.3 Å². The van der Waals surface area contributed by atoms with E-state index in [4.69, 9.17) is 0 Å². The van der Waals surface area contributed by atoms with Crippen molar-refractivity contribution in [1.29, 1.82) is 0 Å². The Morgan fingerprint density at radius 2 is 2.24 bits per heavy atom. The molecule has 1 aromatic heterocycles. The van der Waals surface area contributed by atoms with Gasteiger partial charge in [0.15, 0.2) is 5.82 Å². The van der Waals surface area contributed by atoms with Crippen molar-refractivity contribution in [2.45, 2.75) is 25.8 Å². The molecule has 92 valence electrons. The van der Waals surface area contributed by atoms with Gasteiger partial charge in [-0.1, -0.05) is 0 Å². The number of likely N-dealkylation sites (tertiary alicyclic amines) is 1. The van der Waals surface area contributed by atoms with E-state index < -0.39 is 5.82 Å². The third-order valence-electron chi connectivity index (χ3n) is 2.82. The van der Waals surface area contributed by atoms with Crippen LogP contribution in [0.15, 0.2) is 12.4 Å². The van der Waals surface area contributed by atoms with Crippen LogP contribution in [-0.4, -0.2) is 39.9 Å². The summed E-state index contributed by atoms with van der Waals surface area (Å²) in [5, 5.41) is 3.11. The van der Waals surface area contributed by atoms with Crippen molar-refractivity contribution in [3.05, 3.63) is 18.2 Å². The van der Waals surface area contributed by atoms with Crippen LogP contribution in [0.1, 0.15) is 19.8 Å². The zero-order valence-electron chi connectivity index (χ0n) is 9.69. The fourth-order valence-corrected chi connectivity index (χ4v) is 1.95. The van der Waals surface area contributed by atoms with E-state index in [-0.39, 0.29) is 11.9 Å². The SMILES string of the molecule is CC(=O)N1CCC[C@@H](Nc2ncc(F)cn2)C1. The van der Waals surface area contributed by atoms with E-state index in [1.165, 1.54) is 0 Å². The Labute approximate surface area is 99.1 Å². The molecule has 1 saturated heterocycles. The molecule has 17 heavy (non-hydrogen) atoms. The van der Waals surface area contributed by atoms with Gasteiger partial charge in [-0.05, 0) is 12.8 Å². The van der Waals surface area contributed by atoms with Crippen LogP contribution >= 0.6 is 0 Å². The van der Waals surface area contributed by atoms with Crippen LogP contribution < -0.4 is 5.32 Å². The molecular formula is C11H15FN4O. The zero-order valence-corrected chi connectivity index (χ0v) is 9.69. The number of rotatable bonds is 2. The number of amides is 1. The molecule has 2 rings (SSSR count). The number of anilines is 1. The van der Waals surface area contributed by atoms with E-state index in [1.54, 1.807) is 11.8 Å². The molecule has 1 fully saturated rings. The highest BCUT2D eigenvalue weighted by molar-refractivity contribution is 5.73. The first-order chi connectivity index (χ1) is 8.15. The topological polar surface area (TPSA) is 58.1 Å². The molecule has 1 amide bonds. The first-order valence-corrected chi connectivity index (χ1v) is 5.65. The van der Waals surface area contributed by atoms with Crippen LogP contribution in [0.3, 0.4) is 0 Å². The highest BCUT2D eigenvalue weighted by Crippen LogP contribution is 2.13. The number of aromatic nitrogens is 2. The predicted octanol–water partition coefficient (Wildman–Crippen LogP) is 1.04. The van der Waals surface area contributed by atoms with E-state index >= 15 is 0 Å². The molecule has 0 aromatic carbocycles. The minimum atomic E-state index is -0.454. The van der Waals surface area contributed by atoms with E-state index in [1.807, 2.05) is 0 Å². The maximum Gasteiger partial charge on any atom is 0.223 e. The molecule has 1 aliphatic rings. The predicted molar refractivity (Wildman–Crippen MR) is 60.9 cm³/mol. The van der Waals surface area contributed by atoms with E-state index in [0.29, 0.717) is 12.5 Å². The summed E-state index contributed by atoms with van der Waals surface area (Å²) in [5.41, 5.74) is 0. The third kappa shape index (κ3) is 3.12. The summed E-state index contributed by atoms with van der Waals surface area (Å²) in [7, 11) is 0. The molecule has 0 radical (unpaired) electrons. The molecule has 0 spiro atoms. The number of piperidine rings is 1. The summed E-state index contributed by atoms with van der Waals surface area (Å²) in [5.74, 6) is 0.0304. The summed E-state index contributed by atoms with van der Waals surface area (Å²) < 4.78 is 12.6. The number of halogens is 1. The van der Waals surface area contributed by atoms with Crippen molar-refractivity contribution in [2.75, 3.05) is 18.4 Å². The van der Waals surface area contributed by atoms with Gasteiger partial charge in [0.05, 0.1) is 12.4 Å². The molecule has 1 aliphatic heterocycles. The average Bonchev–Trinajstić information content (AvgIpc) is 2.32. The van der Waals surface area contributed by atoms with Gasteiger partial charge in [-0.3, -0.25) is 4.79 Å². The van der Waals surface area contributed by atoms with Gasteiger partial charge in [-0.25, -0.2) is 14.4 Å². The molecule has 1 aromatic rings. The van der Waals surface area contributed by atoms with Crippen LogP contribution in [0.2, 0.25) is 0 Å². The first-order valence-electron chi connectivity index (χ1n) is 5.65. The lowest BCUT2D eigenvalue weighted by molar-refractivity contribution is -0.129. The fraction of sp³-hybridized carbons (Fsp3) is 0.545. The molecule has 5 nitrogen and oxygen atoms in total. The Hall–Kier alpha value is -1.72. The Kier molecular flexibility index (Phi) is 3.51. The normalized spacial score (nSPS) is 20.1. The molecule has 2 heterocycles. The van der Waals surface area contributed by atoms with Crippen molar-refractivity contribution in [3.8, 4) is 0 Å². The van der Waals surface area contributed by atoms with Crippen LogP contribution in [0.4, 0.5) is 10.3 Å². The minimum absolute atomic E-state index is 0.0801. The van der Waals surface area contributed by atoms with Crippen molar-refractivity contribution in [3.63, 3.8) is 0 Å². The van der Waals surface area contributed by atoms with Crippen LogP contribution in [0, 0.1) is 5.82 Å². The van der Waals surface area contributed by atoms with Crippen LogP contribution in [-0.2, 0) is 4.79 Å². The van der Waals surface area contributed by atoms with E-state index in [9.17, 15) is 9.18 Å². The quantitative estimate of drug-likeness (QED) is 0.836. The Bertz CT molecular complexity index is 395. The number of carbonyl (C=O) groups is 1. The Morgan fingerprint density at radius 1 is 1.53 bits per heavy atom. The number of hydrogen-bond donors (Lipinski definition) is 1. The Balaban J connectivity index is 1.94. The summed E-state index contributed by atoms with van der Waals surface area (Å²) in [6.07, 6.45) is 4.17. The molecule has 0 saturated carbocycles. The highest BCUT2D eigenvalue weighted by Gasteiger charge is 2.21. The van der Waals surface area contributed by atoms with Gasteiger partial charge in [0.25, 0.3) is 0 Å². The average molecular weight is 238 g/mol. The maximum absolute atomic E-state index is 12.6. The second kappa shape index (κ2) is 5.07. The van der Waals surface area contributed by atoms with Crippen LogP contribution in [0.5, 0.6) is 0 Å². The van der Waals surface area contributed by atoms with Gasteiger partial charge in [0.2, 0.25) is 11.9 Å². The number of nitrogens with zero attached hydrogens (tertiary/aromatic N) is 3. The first kappa shape index (κ1) is 11.8. The van der Waals surface area contributed by atoms with Crippen molar-refractivity contribution in [2.24, 2.45) is 0 Å². The summed E-state index contributed by atoms with van der Waals surface area (Å²) in [6, 6.07) is 0.137. The molecule has 0 aliphatic carbocycles. The van der Waals surface area contributed by atoms with Gasteiger partial charge in [-0.2, -0.15) is 0 Å². The lowest BCUT2D eigenvalue weighted by atomic mass is 10.1. The second-order valence-corrected chi connectivity index (χ2v) is 4.17. The second-order valence-electron chi connectivity index (χ2n) is 4.17. The maximum atomic E-state index is 12.6. The third-order valence-corrected chi connectivity index (χ3v) is 2.82. The molecule has 0 unspecified atom stereocenters. The molecule has 6 heteroatoms. The largest absolute Gasteiger partial charge is 0.350 e. The van der Waals surface area contributed by atoms with Gasteiger partial charge < -0.3 is 10.2 Å². The molecule has 0 bridgehead atoms. The summed E-state index contributed by atoms with van der Waals surface area (Å²) >= 11 is 0. The number of nitrogens with one attached hydrogen (secondary N) is 1. The van der Waals surface area contributed by atoms with Crippen molar-refractivity contribution in [1.82, 2.24) is 14.9 Å². The smallest absolute Gasteiger partial charge is 0.223 e. The van der Waals surface area contributed by atoms with Gasteiger partial charge >= 0.3 is 0 Å². The number of carbonyl (C=O) groups excluding carboxylic acids is 1. The summed E-state index contributed by atoms with van der Waals surface area (Å²) in [6.45, 7) is 3.02. The summed E-state index contributed by atoms with van der Waals surface area (Å²) in [4.78, 5) is 20.7. The highest BCUT2D eigenvalue weighted by atomic mass is 19.1. The molecular weight excluding hydrogens is 223 g/mol. The number of hydrogen-bond acceptors (Lipinski definition) is 4. The van der Waals surface area contributed by atoms with Gasteiger partial charge in [0, 0.05) is 26.1 Å². The zero-order chi connectivity index (χ0) is 12.3. The Morgan fingerprint density at radius 3 is 2.88 bits per heavy atom. The van der Waals surface area contributed by atoms with E-state index in [0.717, 1.165) is 31.8 Å². The lowest BCUT2D eigenvalue weighted by Gasteiger charge is -2.32. The standard InChI is InChI=1S/C11H15FN4O/c1-8(17)16-4-2-3-10(7-16)15-11-13-5-9(12)6-14-11/h5-6,10H,2-4,7H2,1H3,(H,13,14,15)/t10-/m1/s1. The van der Waals surface area contributed by atoms with Crippen LogP contribution in [0.25, 0.3) is 0 Å². The molecule has 1 atom stereocenters. The lowest BCUT2D eigenvalue weighted by Crippen LogP contribution is -2.44. The minimum Gasteiger partial charge on any atom is -0.350 e. The van der Waals surface area contributed by atoms with Gasteiger partial charge in [-0.15, -0.1) is 0 Å². The monoisotopic (exact) mass is 238 g/mol. The fourth-order valence-electron chi connectivity index (χ4n) is 1.95. The van der Waals surface area contributed by atoms with Crippen molar-refractivity contribution < 1.29 is 9.18 Å². The van der Waals surface area contributed by atoms with Crippen molar-refractivity contribution >= 4 is 11.9 Å².